The van der Waals surface area contributed by atoms with Crippen LogP contribution in [0.15, 0.2) is 30.3 Å². The fraction of sp³-hybridized carbons (Fsp3) is 0.412. The van der Waals surface area contributed by atoms with Gasteiger partial charge in [-0.3, -0.25) is 19.6 Å². The molecule has 134 valence electrons. The molecule has 2 aromatic rings. The summed E-state index contributed by atoms with van der Waals surface area (Å²) in [7, 11) is 1.66. The van der Waals surface area contributed by atoms with Crippen molar-refractivity contribution < 1.29 is 14.8 Å². The van der Waals surface area contributed by atoms with Gasteiger partial charge >= 0.3 is 5.69 Å². The predicted octanol–water partition coefficient (Wildman–Crippen LogP) is 1.99. The van der Waals surface area contributed by atoms with Crippen molar-refractivity contribution in [2.24, 2.45) is 0 Å². The molecule has 25 heavy (non-hydrogen) atoms. The molecule has 0 fully saturated rings. The SMILES string of the molecule is Cc1nn(CC(=O)N(C)C(CCO)c2ccccc2)c(C)c1[N+](=O)[O-]. The van der Waals surface area contributed by atoms with E-state index in [9.17, 15) is 20.0 Å². The van der Waals surface area contributed by atoms with Crippen LogP contribution in [0.5, 0.6) is 0 Å². The molecular formula is C17H22N4O4. The van der Waals surface area contributed by atoms with Crippen molar-refractivity contribution in [1.82, 2.24) is 14.7 Å². The summed E-state index contributed by atoms with van der Waals surface area (Å²) in [6.07, 6.45) is 0.406. The number of carbonyl (C=O) groups excluding carboxylic acids is 1. The zero-order valence-corrected chi connectivity index (χ0v) is 14.5. The first-order valence-corrected chi connectivity index (χ1v) is 7.96. The van der Waals surface area contributed by atoms with Gasteiger partial charge in [-0.25, -0.2) is 0 Å². The fourth-order valence-corrected chi connectivity index (χ4v) is 2.90. The number of aryl methyl sites for hydroxylation is 1. The molecule has 0 saturated heterocycles. The lowest BCUT2D eigenvalue weighted by molar-refractivity contribution is -0.386. The Morgan fingerprint density at radius 1 is 1.36 bits per heavy atom. The standard InChI is InChI=1S/C17H22N4O4/c1-12-17(21(24)25)13(2)20(18-12)11-16(23)19(3)15(9-10-22)14-7-5-4-6-8-14/h4-8,15,22H,9-11H2,1-3H3. The Morgan fingerprint density at radius 3 is 2.52 bits per heavy atom. The lowest BCUT2D eigenvalue weighted by Gasteiger charge is -2.28. The maximum Gasteiger partial charge on any atom is 0.312 e. The number of nitro groups is 1. The number of nitrogens with zero attached hydrogens (tertiary/aromatic N) is 4. The van der Waals surface area contributed by atoms with Crippen molar-refractivity contribution >= 4 is 11.6 Å². The Kier molecular flexibility index (Phi) is 5.87. The predicted molar refractivity (Wildman–Crippen MR) is 92.0 cm³/mol. The third kappa shape index (κ3) is 4.03. The second-order valence-electron chi connectivity index (χ2n) is 5.88. The van der Waals surface area contributed by atoms with Gasteiger partial charge in [-0.05, 0) is 25.8 Å². The van der Waals surface area contributed by atoms with Crippen LogP contribution in [0.25, 0.3) is 0 Å². The molecule has 0 aliphatic carbocycles. The van der Waals surface area contributed by atoms with Gasteiger partial charge in [0.05, 0.1) is 11.0 Å². The van der Waals surface area contributed by atoms with Crippen LogP contribution in [0.1, 0.15) is 29.4 Å². The van der Waals surface area contributed by atoms with Crippen LogP contribution in [-0.2, 0) is 11.3 Å². The molecule has 0 aliphatic rings. The molecule has 1 aromatic carbocycles. The van der Waals surface area contributed by atoms with Gasteiger partial charge < -0.3 is 10.0 Å². The molecule has 8 heteroatoms. The number of hydrogen-bond donors (Lipinski definition) is 1. The molecule has 0 spiro atoms. The molecule has 0 aliphatic heterocycles. The van der Waals surface area contributed by atoms with Gasteiger partial charge in [0.1, 0.15) is 17.9 Å². The number of carbonyl (C=O) groups is 1. The van der Waals surface area contributed by atoms with Crippen LogP contribution >= 0.6 is 0 Å². The molecule has 1 amide bonds. The van der Waals surface area contributed by atoms with Gasteiger partial charge in [-0.1, -0.05) is 30.3 Å². The third-order valence-electron chi connectivity index (χ3n) is 4.26. The molecule has 1 atom stereocenters. The highest BCUT2D eigenvalue weighted by molar-refractivity contribution is 5.76. The zero-order chi connectivity index (χ0) is 18.6. The average molecular weight is 346 g/mol. The van der Waals surface area contributed by atoms with Gasteiger partial charge in [-0.2, -0.15) is 5.10 Å². The van der Waals surface area contributed by atoms with E-state index in [1.165, 1.54) is 4.68 Å². The summed E-state index contributed by atoms with van der Waals surface area (Å²) >= 11 is 0. The third-order valence-corrected chi connectivity index (χ3v) is 4.26. The van der Waals surface area contributed by atoms with E-state index in [4.69, 9.17) is 0 Å². The smallest absolute Gasteiger partial charge is 0.312 e. The molecule has 0 radical (unpaired) electrons. The maximum absolute atomic E-state index is 12.7. The van der Waals surface area contributed by atoms with Crippen molar-refractivity contribution in [3.8, 4) is 0 Å². The number of aliphatic hydroxyl groups excluding tert-OH is 1. The van der Waals surface area contributed by atoms with Crippen LogP contribution in [0.4, 0.5) is 5.69 Å². The Bertz CT molecular complexity index is 758. The quantitative estimate of drug-likeness (QED) is 0.610. The van der Waals surface area contributed by atoms with Gasteiger partial charge in [-0.15, -0.1) is 0 Å². The molecule has 1 N–H and O–H groups in total. The number of likely N-dealkylation sites (N-methyl/N-ethyl adjacent to an activating group) is 1. The van der Waals surface area contributed by atoms with Crippen LogP contribution in [-0.4, -0.2) is 44.3 Å². The lowest BCUT2D eigenvalue weighted by atomic mass is 10.0. The molecule has 1 aromatic heterocycles. The second-order valence-corrected chi connectivity index (χ2v) is 5.88. The summed E-state index contributed by atoms with van der Waals surface area (Å²) in [4.78, 5) is 24.8. The van der Waals surface area contributed by atoms with E-state index in [0.717, 1.165) is 5.56 Å². The summed E-state index contributed by atoms with van der Waals surface area (Å²) in [6.45, 7) is 2.98. The first-order chi connectivity index (χ1) is 11.9. The monoisotopic (exact) mass is 346 g/mol. The van der Waals surface area contributed by atoms with Crippen LogP contribution in [0, 0.1) is 24.0 Å². The average Bonchev–Trinajstić information content (AvgIpc) is 2.86. The van der Waals surface area contributed by atoms with Crippen LogP contribution in [0.3, 0.4) is 0 Å². The Morgan fingerprint density at radius 2 is 2.00 bits per heavy atom. The highest BCUT2D eigenvalue weighted by atomic mass is 16.6. The molecule has 1 heterocycles. The van der Waals surface area contributed by atoms with E-state index in [2.05, 4.69) is 5.10 Å². The van der Waals surface area contributed by atoms with Crippen molar-refractivity contribution in [3.63, 3.8) is 0 Å². The first kappa shape index (κ1) is 18.6. The number of aliphatic hydroxyl groups is 1. The summed E-state index contributed by atoms with van der Waals surface area (Å²) in [5.74, 6) is -0.234. The normalized spacial score (nSPS) is 12.0. The minimum atomic E-state index is -0.485. The number of rotatable bonds is 7. The van der Waals surface area contributed by atoms with Crippen LogP contribution < -0.4 is 0 Å². The highest BCUT2D eigenvalue weighted by Gasteiger charge is 2.26. The second kappa shape index (κ2) is 7.89. The zero-order valence-electron chi connectivity index (χ0n) is 14.5. The van der Waals surface area contributed by atoms with E-state index in [1.54, 1.807) is 25.8 Å². The largest absolute Gasteiger partial charge is 0.396 e. The summed E-state index contributed by atoms with van der Waals surface area (Å²) in [5, 5.41) is 24.5. The molecule has 0 bridgehead atoms. The minimum absolute atomic E-state index is 0.0530. The molecule has 8 nitrogen and oxygen atoms in total. The first-order valence-electron chi connectivity index (χ1n) is 7.96. The maximum atomic E-state index is 12.7. The van der Waals surface area contributed by atoms with Gasteiger partial charge in [0, 0.05) is 13.7 Å². The summed E-state index contributed by atoms with van der Waals surface area (Å²) < 4.78 is 1.35. The van der Waals surface area contributed by atoms with Crippen molar-refractivity contribution in [2.75, 3.05) is 13.7 Å². The fourth-order valence-electron chi connectivity index (χ4n) is 2.90. The van der Waals surface area contributed by atoms with E-state index < -0.39 is 4.92 Å². The number of benzene rings is 1. The number of aromatic nitrogens is 2. The summed E-state index contributed by atoms with van der Waals surface area (Å²) in [5.41, 5.74) is 1.49. The van der Waals surface area contributed by atoms with Crippen molar-refractivity contribution in [2.45, 2.75) is 32.9 Å². The van der Waals surface area contributed by atoms with Crippen molar-refractivity contribution in [1.29, 1.82) is 0 Å². The van der Waals surface area contributed by atoms with E-state index in [0.29, 0.717) is 12.1 Å². The Hall–Kier alpha value is -2.74. The van der Waals surface area contributed by atoms with Gasteiger partial charge in [0.25, 0.3) is 0 Å². The highest BCUT2D eigenvalue weighted by Crippen LogP contribution is 2.25. The van der Waals surface area contributed by atoms with E-state index >= 15 is 0 Å². The lowest BCUT2D eigenvalue weighted by Crippen LogP contribution is -2.34. The van der Waals surface area contributed by atoms with Gasteiger partial charge in [0.15, 0.2) is 0 Å². The Labute approximate surface area is 145 Å². The van der Waals surface area contributed by atoms with Gasteiger partial charge in [0.2, 0.25) is 5.91 Å². The molecule has 1 unspecified atom stereocenters. The Balaban J connectivity index is 2.22. The molecule has 0 saturated carbocycles. The number of hydrogen-bond acceptors (Lipinski definition) is 5. The van der Waals surface area contributed by atoms with E-state index in [-0.39, 0.29) is 36.5 Å². The van der Waals surface area contributed by atoms with Crippen LogP contribution in [0.2, 0.25) is 0 Å². The van der Waals surface area contributed by atoms with Crippen molar-refractivity contribution in [3.05, 3.63) is 57.4 Å². The number of amides is 1. The topological polar surface area (TPSA) is 102 Å². The molecular weight excluding hydrogens is 324 g/mol. The molecule has 2 rings (SSSR count). The van der Waals surface area contributed by atoms with E-state index in [1.807, 2.05) is 30.3 Å². The summed E-state index contributed by atoms with van der Waals surface area (Å²) in [6, 6.07) is 9.17. The minimum Gasteiger partial charge on any atom is -0.396 e.